The molecule has 2 rings (SSSR count). The molecule has 3 nitrogen and oxygen atoms in total. The first-order chi connectivity index (χ1) is 8.16. The highest BCUT2D eigenvalue weighted by Crippen LogP contribution is 2.26. The van der Waals surface area contributed by atoms with E-state index >= 15 is 0 Å². The molecule has 0 amide bonds. The number of phenols is 1. The zero-order valence-corrected chi connectivity index (χ0v) is 11.8. The van der Waals surface area contributed by atoms with Crippen LogP contribution >= 0.6 is 31.9 Å². The molecular weight excluding hydrogens is 348 g/mol. The van der Waals surface area contributed by atoms with E-state index in [9.17, 15) is 5.11 Å². The molecule has 0 aliphatic carbocycles. The molecule has 0 fully saturated rings. The number of benzene rings is 1. The monoisotopic (exact) mass is 354 g/mol. The molecule has 0 atom stereocenters. The van der Waals surface area contributed by atoms with Crippen molar-refractivity contribution < 1.29 is 5.11 Å². The fourth-order valence-corrected chi connectivity index (χ4v) is 2.32. The Bertz CT molecular complexity index is 570. The summed E-state index contributed by atoms with van der Waals surface area (Å²) in [4.78, 5) is 8.36. The molecule has 1 heterocycles. The molecule has 17 heavy (non-hydrogen) atoms. The van der Waals surface area contributed by atoms with Crippen LogP contribution in [0.2, 0.25) is 0 Å². The molecule has 1 N–H and O–H groups in total. The highest BCUT2D eigenvalue weighted by Gasteiger charge is 2.00. The number of aromatic nitrogens is 1. The van der Waals surface area contributed by atoms with Crippen molar-refractivity contribution in [3.05, 3.63) is 51.0 Å². The summed E-state index contributed by atoms with van der Waals surface area (Å²) >= 11 is 6.69. The number of rotatable bonds is 2. The van der Waals surface area contributed by atoms with Crippen LogP contribution in [-0.2, 0) is 0 Å². The summed E-state index contributed by atoms with van der Waals surface area (Å²) < 4.78 is 1.67. The minimum Gasteiger partial charge on any atom is -0.507 e. The van der Waals surface area contributed by atoms with Crippen LogP contribution in [0.1, 0.15) is 5.56 Å². The molecule has 0 unspecified atom stereocenters. The highest BCUT2D eigenvalue weighted by molar-refractivity contribution is 9.11. The van der Waals surface area contributed by atoms with E-state index < -0.39 is 0 Å². The second kappa shape index (κ2) is 5.42. The number of pyridine rings is 1. The Hall–Kier alpha value is -1.20. The first-order valence-electron chi connectivity index (χ1n) is 4.80. The molecule has 0 radical (unpaired) electrons. The summed E-state index contributed by atoms with van der Waals surface area (Å²) in [5.74, 6) is 0.765. The van der Waals surface area contributed by atoms with Crippen LogP contribution in [0.4, 0.5) is 5.82 Å². The zero-order chi connectivity index (χ0) is 12.3. The van der Waals surface area contributed by atoms with Gasteiger partial charge >= 0.3 is 0 Å². The molecule has 0 aliphatic rings. The Kier molecular flexibility index (Phi) is 3.91. The molecule has 0 saturated heterocycles. The van der Waals surface area contributed by atoms with Crippen LogP contribution in [0.5, 0.6) is 5.75 Å². The molecule has 5 heteroatoms. The molecule has 0 spiro atoms. The van der Waals surface area contributed by atoms with Gasteiger partial charge in [0, 0.05) is 22.4 Å². The van der Waals surface area contributed by atoms with E-state index in [1.54, 1.807) is 30.6 Å². The minimum absolute atomic E-state index is 0.199. The number of aromatic hydroxyl groups is 1. The highest BCUT2D eigenvalue weighted by atomic mass is 79.9. The van der Waals surface area contributed by atoms with E-state index in [2.05, 4.69) is 41.8 Å². The Morgan fingerprint density at radius 2 is 2.00 bits per heavy atom. The summed E-state index contributed by atoms with van der Waals surface area (Å²) in [6, 6.07) is 8.87. The lowest BCUT2D eigenvalue weighted by molar-refractivity contribution is 0.474. The lowest BCUT2D eigenvalue weighted by atomic mass is 10.2. The molecule has 1 aromatic carbocycles. The predicted octanol–water partition coefficient (Wildman–Crippen LogP) is 4.06. The standard InChI is InChI=1S/C12H8Br2N2O/c13-9-5-10(14)12(16-7-9)15-6-8-3-1-2-4-11(8)17/h1-7,17H/b15-6+. The van der Waals surface area contributed by atoms with Gasteiger partial charge in [-0.1, -0.05) is 12.1 Å². The third-order valence-corrected chi connectivity index (χ3v) is 3.07. The summed E-state index contributed by atoms with van der Waals surface area (Å²) in [7, 11) is 0. The van der Waals surface area contributed by atoms with E-state index in [1.165, 1.54) is 0 Å². The summed E-state index contributed by atoms with van der Waals surface area (Å²) in [5.41, 5.74) is 0.657. The lowest BCUT2D eigenvalue weighted by Crippen LogP contribution is -1.83. The van der Waals surface area contributed by atoms with Crippen LogP contribution in [0.15, 0.2) is 50.5 Å². The molecule has 86 valence electrons. The quantitative estimate of drug-likeness (QED) is 0.825. The van der Waals surface area contributed by atoms with Crippen LogP contribution in [0.3, 0.4) is 0 Å². The van der Waals surface area contributed by atoms with Crippen LogP contribution in [-0.4, -0.2) is 16.3 Å². The van der Waals surface area contributed by atoms with Gasteiger partial charge in [-0.3, -0.25) is 0 Å². The third-order valence-electron chi connectivity index (χ3n) is 2.05. The average Bonchev–Trinajstić information content (AvgIpc) is 2.30. The smallest absolute Gasteiger partial charge is 0.166 e. The Morgan fingerprint density at radius 1 is 1.24 bits per heavy atom. The largest absolute Gasteiger partial charge is 0.507 e. The molecule has 0 saturated carbocycles. The molecule has 0 bridgehead atoms. The van der Waals surface area contributed by atoms with Gasteiger partial charge in [0.05, 0.1) is 4.47 Å². The van der Waals surface area contributed by atoms with Crippen LogP contribution in [0.25, 0.3) is 0 Å². The van der Waals surface area contributed by atoms with Crippen LogP contribution in [0, 0.1) is 0 Å². The topological polar surface area (TPSA) is 45.5 Å². The van der Waals surface area contributed by atoms with Gasteiger partial charge in [-0.2, -0.15) is 0 Å². The molecule has 1 aromatic heterocycles. The van der Waals surface area contributed by atoms with Gasteiger partial charge in [0.2, 0.25) is 0 Å². The van der Waals surface area contributed by atoms with Crippen molar-refractivity contribution in [1.82, 2.24) is 4.98 Å². The summed E-state index contributed by atoms with van der Waals surface area (Å²) in [6.07, 6.45) is 3.25. The minimum atomic E-state index is 0.199. The van der Waals surface area contributed by atoms with Gasteiger partial charge in [0.1, 0.15) is 5.75 Å². The van der Waals surface area contributed by atoms with Crippen molar-refractivity contribution in [2.45, 2.75) is 0 Å². The lowest BCUT2D eigenvalue weighted by Gasteiger charge is -1.99. The SMILES string of the molecule is Oc1ccccc1/C=N/c1ncc(Br)cc1Br. The van der Waals surface area contributed by atoms with Crippen molar-refractivity contribution in [3.63, 3.8) is 0 Å². The van der Waals surface area contributed by atoms with Gasteiger partial charge in [0.25, 0.3) is 0 Å². The van der Waals surface area contributed by atoms with E-state index in [-0.39, 0.29) is 5.75 Å². The maximum absolute atomic E-state index is 9.57. The number of phenolic OH excluding ortho intramolecular Hbond substituents is 1. The number of hydrogen-bond donors (Lipinski definition) is 1. The normalized spacial score (nSPS) is 10.9. The first-order valence-corrected chi connectivity index (χ1v) is 6.38. The van der Waals surface area contributed by atoms with Gasteiger partial charge in [0.15, 0.2) is 5.82 Å². The average molecular weight is 356 g/mol. The fraction of sp³-hybridized carbons (Fsp3) is 0. The van der Waals surface area contributed by atoms with Gasteiger partial charge < -0.3 is 5.11 Å². The number of aliphatic imine (C=N–C) groups is 1. The Labute approximate surface area is 115 Å². The summed E-state index contributed by atoms with van der Waals surface area (Å²) in [5, 5.41) is 9.57. The molecular formula is C12H8Br2N2O. The molecule has 2 aromatic rings. The van der Waals surface area contributed by atoms with Crippen molar-refractivity contribution in [3.8, 4) is 5.75 Å². The van der Waals surface area contributed by atoms with E-state index in [4.69, 9.17) is 0 Å². The second-order valence-corrected chi connectivity index (χ2v) is 5.05. The van der Waals surface area contributed by atoms with Crippen LogP contribution < -0.4 is 0 Å². The van der Waals surface area contributed by atoms with E-state index in [0.717, 1.165) is 8.95 Å². The third kappa shape index (κ3) is 3.14. The van der Waals surface area contributed by atoms with Crippen molar-refractivity contribution >= 4 is 43.9 Å². The zero-order valence-electron chi connectivity index (χ0n) is 8.64. The number of nitrogens with zero attached hydrogens (tertiary/aromatic N) is 2. The van der Waals surface area contributed by atoms with Crippen molar-refractivity contribution in [2.24, 2.45) is 4.99 Å². The van der Waals surface area contributed by atoms with E-state index in [0.29, 0.717) is 11.4 Å². The Morgan fingerprint density at radius 3 is 2.71 bits per heavy atom. The first kappa shape index (κ1) is 12.3. The number of hydrogen-bond acceptors (Lipinski definition) is 3. The van der Waals surface area contributed by atoms with Crippen molar-refractivity contribution in [1.29, 1.82) is 0 Å². The van der Waals surface area contributed by atoms with Gasteiger partial charge in [-0.25, -0.2) is 9.98 Å². The Balaban J connectivity index is 2.29. The number of halogens is 2. The van der Waals surface area contributed by atoms with Crippen molar-refractivity contribution in [2.75, 3.05) is 0 Å². The maximum atomic E-state index is 9.57. The maximum Gasteiger partial charge on any atom is 0.166 e. The second-order valence-electron chi connectivity index (χ2n) is 3.28. The fourth-order valence-electron chi connectivity index (χ4n) is 1.23. The molecule has 0 aliphatic heterocycles. The predicted molar refractivity (Wildman–Crippen MR) is 75.0 cm³/mol. The van der Waals surface area contributed by atoms with Gasteiger partial charge in [-0.05, 0) is 50.1 Å². The van der Waals surface area contributed by atoms with E-state index in [1.807, 2.05) is 12.1 Å². The number of para-hydroxylation sites is 1. The van der Waals surface area contributed by atoms with Gasteiger partial charge in [-0.15, -0.1) is 0 Å². The summed E-state index contributed by atoms with van der Waals surface area (Å²) in [6.45, 7) is 0.